The van der Waals surface area contributed by atoms with Gasteiger partial charge in [0.1, 0.15) is 5.41 Å². The third-order valence-corrected chi connectivity index (χ3v) is 5.54. The number of methoxy groups -OCH3 is 2. The van der Waals surface area contributed by atoms with Crippen LogP contribution in [-0.4, -0.2) is 56.5 Å². The van der Waals surface area contributed by atoms with Crippen molar-refractivity contribution < 1.29 is 24.1 Å². The molecule has 0 aliphatic carbocycles. The summed E-state index contributed by atoms with van der Waals surface area (Å²) in [6.45, 7) is 2.69. The van der Waals surface area contributed by atoms with Crippen molar-refractivity contribution in [2.24, 2.45) is 11.3 Å². The van der Waals surface area contributed by atoms with Gasteiger partial charge in [0, 0.05) is 26.2 Å². The molecule has 0 radical (unpaired) electrons. The molecule has 1 aromatic carbocycles. The Labute approximate surface area is 146 Å². The van der Waals surface area contributed by atoms with E-state index in [-0.39, 0.29) is 12.5 Å². The van der Waals surface area contributed by atoms with E-state index in [9.17, 15) is 9.90 Å². The van der Waals surface area contributed by atoms with Crippen LogP contribution in [0.5, 0.6) is 11.5 Å². The van der Waals surface area contributed by atoms with E-state index in [1.54, 1.807) is 14.2 Å². The van der Waals surface area contributed by atoms with Gasteiger partial charge in [-0.25, -0.2) is 0 Å². The number of rotatable bonds is 5. The number of carboxylic acids is 1. The SMILES string of the molecule is COc1ccc(CN2C[C@@H]3CCOC[C@]3(C(=O)O)C2)c(Cl)c1OC. The first-order valence-corrected chi connectivity index (χ1v) is 8.32. The predicted molar refractivity (Wildman–Crippen MR) is 88.8 cm³/mol. The molecule has 0 spiro atoms. The molecule has 6 nitrogen and oxygen atoms in total. The number of carboxylic acid groups (broad SMARTS) is 1. The fraction of sp³-hybridized carbons (Fsp3) is 0.588. The Morgan fingerprint density at radius 3 is 2.88 bits per heavy atom. The maximum Gasteiger partial charge on any atom is 0.313 e. The summed E-state index contributed by atoms with van der Waals surface area (Å²) in [4.78, 5) is 14.0. The maximum absolute atomic E-state index is 11.8. The minimum absolute atomic E-state index is 0.114. The molecule has 2 atom stereocenters. The lowest BCUT2D eigenvalue weighted by Crippen LogP contribution is -2.46. The van der Waals surface area contributed by atoms with Crippen molar-refractivity contribution in [3.63, 3.8) is 0 Å². The Kier molecular flexibility index (Phi) is 4.90. The van der Waals surface area contributed by atoms with Gasteiger partial charge in [-0.15, -0.1) is 0 Å². The zero-order valence-corrected chi connectivity index (χ0v) is 14.6. The summed E-state index contributed by atoms with van der Waals surface area (Å²) in [7, 11) is 3.12. The van der Waals surface area contributed by atoms with E-state index in [4.69, 9.17) is 25.8 Å². The molecule has 24 heavy (non-hydrogen) atoms. The van der Waals surface area contributed by atoms with Gasteiger partial charge in [0.05, 0.1) is 25.8 Å². The van der Waals surface area contributed by atoms with Crippen LogP contribution in [0.3, 0.4) is 0 Å². The maximum atomic E-state index is 11.8. The number of hydrogen-bond donors (Lipinski definition) is 1. The molecule has 7 heteroatoms. The lowest BCUT2D eigenvalue weighted by Gasteiger charge is -2.34. The van der Waals surface area contributed by atoms with Crippen LogP contribution in [0.4, 0.5) is 0 Å². The fourth-order valence-electron chi connectivity index (χ4n) is 3.81. The topological polar surface area (TPSA) is 68.2 Å². The number of fused-ring (bicyclic) bond motifs is 1. The Morgan fingerprint density at radius 2 is 2.25 bits per heavy atom. The van der Waals surface area contributed by atoms with Gasteiger partial charge in [-0.3, -0.25) is 9.69 Å². The number of carbonyl (C=O) groups is 1. The highest BCUT2D eigenvalue weighted by atomic mass is 35.5. The van der Waals surface area contributed by atoms with Crippen LogP contribution in [0.2, 0.25) is 5.02 Å². The molecule has 2 aliphatic heterocycles. The first-order valence-electron chi connectivity index (χ1n) is 7.94. The average Bonchev–Trinajstić information content (AvgIpc) is 2.96. The summed E-state index contributed by atoms with van der Waals surface area (Å²) in [6.07, 6.45) is 0.780. The van der Waals surface area contributed by atoms with Crippen LogP contribution in [0.1, 0.15) is 12.0 Å². The molecule has 3 rings (SSSR count). The monoisotopic (exact) mass is 355 g/mol. The summed E-state index contributed by atoms with van der Waals surface area (Å²) in [6, 6.07) is 3.72. The molecule has 132 valence electrons. The van der Waals surface area contributed by atoms with Crippen LogP contribution in [0, 0.1) is 11.3 Å². The highest BCUT2D eigenvalue weighted by Crippen LogP contribution is 2.43. The number of nitrogens with zero attached hydrogens (tertiary/aromatic N) is 1. The van der Waals surface area contributed by atoms with Gasteiger partial charge in [0.2, 0.25) is 0 Å². The Hall–Kier alpha value is -1.50. The third-order valence-electron chi connectivity index (χ3n) is 5.12. The zero-order valence-electron chi connectivity index (χ0n) is 13.9. The Morgan fingerprint density at radius 1 is 1.46 bits per heavy atom. The van der Waals surface area contributed by atoms with Gasteiger partial charge < -0.3 is 19.3 Å². The largest absolute Gasteiger partial charge is 0.493 e. The van der Waals surface area contributed by atoms with E-state index in [1.165, 1.54) is 0 Å². The predicted octanol–water partition coefficient (Wildman–Crippen LogP) is 2.28. The second-order valence-electron chi connectivity index (χ2n) is 6.44. The summed E-state index contributed by atoms with van der Waals surface area (Å²) in [5.41, 5.74) is 0.0933. The van der Waals surface area contributed by atoms with Crippen molar-refractivity contribution in [1.29, 1.82) is 0 Å². The van der Waals surface area contributed by atoms with E-state index in [0.717, 1.165) is 18.5 Å². The van der Waals surface area contributed by atoms with E-state index in [2.05, 4.69) is 4.90 Å². The molecular weight excluding hydrogens is 334 g/mol. The average molecular weight is 356 g/mol. The van der Waals surface area contributed by atoms with Gasteiger partial charge in [0.15, 0.2) is 11.5 Å². The van der Waals surface area contributed by atoms with Crippen molar-refractivity contribution in [3.05, 3.63) is 22.7 Å². The third kappa shape index (κ3) is 2.83. The van der Waals surface area contributed by atoms with E-state index in [0.29, 0.717) is 36.2 Å². The standard InChI is InChI=1S/C17H22ClNO5/c1-22-13-4-3-11(14(18)15(13)23-2)7-19-8-12-5-6-24-10-17(12,9-19)16(20)21/h3-4,12H,5-10H2,1-2H3,(H,20,21)/t12-,17+/m0/s1. The molecule has 0 bridgehead atoms. The van der Waals surface area contributed by atoms with Gasteiger partial charge in [-0.1, -0.05) is 17.7 Å². The number of likely N-dealkylation sites (tertiary alicyclic amines) is 1. The minimum Gasteiger partial charge on any atom is -0.493 e. The first kappa shape index (κ1) is 17.3. The fourth-order valence-corrected chi connectivity index (χ4v) is 4.10. The number of benzene rings is 1. The molecule has 0 unspecified atom stereocenters. The van der Waals surface area contributed by atoms with Crippen molar-refractivity contribution in [3.8, 4) is 11.5 Å². The summed E-state index contributed by atoms with van der Waals surface area (Å²) < 4.78 is 16.1. The summed E-state index contributed by atoms with van der Waals surface area (Å²) >= 11 is 6.45. The molecule has 0 aromatic heterocycles. The summed E-state index contributed by atoms with van der Waals surface area (Å²) in [5.74, 6) is 0.428. The van der Waals surface area contributed by atoms with Crippen LogP contribution in [0.25, 0.3) is 0 Å². The number of ether oxygens (including phenoxy) is 3. The molecule has 0 saturated carbocycles. The van der Waals surface area contributed by atoms with Gasteiger partial charge >= 0.3 is 5.97 Å². The van der Waals surface area contributed by atoms with Crippen molar-refractivity contribution in [2.75, 3.05) is 40.5 Å². The zero-order chi connectivity index (χ0) is 17.3. The van der Waals surface area contributed by atoms with E-state index < -0.39 is 11.4 Å². The second-order valence-corrected chi connectivity index (χ2v) is 6.82. The molecule has 2 heterocycles. The van der Waals surface area contributed by atoms with Crippen LogP contribution < -0.4 is 9.47 Å². The molecule has 2 fully saturated rings. The molecular formula is C17H22ClNO5. The van der Waals surface area contributed by atoms with Gasteiger partial charge in [-0.2, -0.15) is 0 Å². The van der Waals surface area contributed by atoms with E-state index >= 15 is 0 Å². The lowest BCUT2D eigenvalue weighted by molar-refractivity contribution is -0.159. The number of aliphatic carboxylic acids is 1. The molecule has 1 N–H and O–H groups in total. The lowest BCUT2D eigenvalue weighted by atomic mass is 9.76. The van der Waals surface area contributed by atoms with Crippen molar-refractivity contribution in [1.82, 2.24) is 4.90 Å². The first-order chi connectivity index (χ1) is 11.5. The van der Waals surface area contributed by atoms with Gasteiger partial charge in [0.25, 0.3) is 0 Å². The molecule has 2 saturated heterocycles. The normalized spacial score (nSPS) is 26.9. The summed E-state index contributed by atoms with van der Waals surface area (Å²) in [5, 5.41) is 10.2. The van der Waals surface area contributed by atoms with Crippen LogP contribution in [0.15, 0.2) is 12.1 Å². The Balaban J connectivity index is 1.82. The highest BCUT2D eigenvalue weighted by Gasteiger charge is 2.54. The number of hydrogen-bond acceptors (Lipinski definition) is 5. The second kappa shape index (κ2) is 6.78. The molecule has 0 amide bonds. The molecule has 1 aromatic rings. The van der Waals surface area contributed by atoms with Crippen molar-refractivity contribution >= 4 is 17.6 Å². The number of halogens is 1. The van der Waals surface area contributed by atoms with Crippen LogP contribution in [-0.2, 0) is 16.1 Å². The smallest absolute Gasteiger partial charge is 0.313 e. The minimum atomic E-state index is -0.804. The van der Waals surface area contributed by atoms with E-state index in [1.807, 2.05) is 12.1 Å². The quantitative estimate of drug-likeness (QED) is 0.874. The Bertz CT molecular complexity index is 638. The van der Waals surface area contributed by atoms with Crippen LogP contribution >= 0.6 is 11.6 Å². The molecule has 2 aliphatic rings. The highest BCUT2D eigenvalue weighted by molar-refractivity contribution is 6.33. The van der Waals surface area contributed by atoms with Gasteiger partial charge in [-0.05, 0) is 24.0 Å². The van der Waals surface area contributed by atoms with Crippen molar-refractivity contribution in [2.45, 2.75) is 13.0 Å².